The third-order valence-corrected chi connectivity index (χ3v) is 5.58. The number of carbonyl (C=O) groups excluding carboxylic acids is 2. The van der Waals surface area contributed by atoms with Crippen LogP contribution in [0.3, 0.4) is 0 Å². The summed E-state index contributed by atoms with van der Waals surface area (Å²) in [6.45, 7) is 0.175. The van der Waals surface area contributed by atoms with Crippen molar-refractivity contribution in [2.75, 3.05) is 6.26 Å². The zero-order valence-electron chi connectivity index (χ0n) is 13.3. The molecule has 134 valence electrons. The Balaban J connectivity index is 1.84. The first-order valence-corrected chi connectivity index (χ1v) is 9.99. The Kier molecular flexibility index (Phi) is 5.76. The summed E-state index contributed by atoms with van der Waals surface area (Å²) in [5.74, 6) is -0.849. The van der Waals surface area contributed by atoms with E-state index in [9.17, 15) is 14.7 Å². The van der Waals surface area contributed by atoms with Gasteiger partial charge in [0.15, 0.2) is 21.9 Å². The molecule has 2 amide bonds. The number of aromatic hydroxyl groups is 1. The Labute approximate surface area is 167 Å². The van der Waals surface area contributed by atoms with E-state index in [0.29, 0.717) is 0 Å². The molecule has 1 saturated heterocycles. The minimum absolute atomic E-state index is 0.0349. The Morgan fingerprint density at radius 1 is 1.27 bits per heavy atom. The smallest absolute Gasteiger partial charge is 0.293 e. The molecule has 0 unspecified atom stereocenters. The summed E-state index contributed by atoms with van der Waals surface area (Å²) in [7, 11) is 0. The van der Waals surface area contributed by atoms with Crippen LogP contribution in [0.15, 0.2) is 34.1 Å². The summed E-state index contributed by atoms with van der Waals surface area (Å²) in [5.41, 5.74) is 0.854. The minimum Gasteiger partial charge on any atom is -0.503 e. The van der Waals surface area contributed by atoms with Gasteiger partial charge in [-0.3, -0.25) is 14.5 Å². The maximum atomic E-state index is 12.6. The van der Waals surface area contributed by atoms with Gasteiger partial charge in [0.1, 0.15) is 0 Å². The maximum absolute atomic E-state index is 12.6. The van der Waals surface area contributed by atoms with E-state index in [0.717, 1.165) is 27.1 Å². The first-order chi connectivity index (χ1) is 12.4. The van der Waals surface area contributed by atoms with Crippen LogP contribution < -0.4 is 0 Å². The number of rotatable bonds is 4. The largest absolute Gasteiger partial charge is 0.503 e. The van der Waals surface area contributed by atoms with Crippen LogP contribution in [0.2, 0.25) is 10.3 Å². The molecule has 10 heteroatoms. The van der Waals surface area contributed by atoms with Crippen LogP contribution in [0.5, 0.6) is 5.75 Å². The fourth-order valence-electron chi connectivity index (χ4n) is 2.19. The lowest BCUT2D eigenvalue weighted by Crippen LogP contribution is -2.27. The first kappa shape index (κ1) is 19.0. The molecule has 0 spiro atoms. The van der Waals surface area contributed by atoms with Crippen LogP contribution in [0, 0.1) is 0 Å². The number of aromatic nitrogens is 2. The van der Waals surface area contributed by atoms with Gasteiger partial charge in [-0.1, -0.05) is 35.3 Å². The van der Waals surface area contributed by atoms with Crippen LogP contribution in [-0.4, -0.2) is 37.4 Å². The molecule has 1 aliphatic rings. The quantitative estimate of drug-likeness (QED) is 0.438. The number of halogens is 2. The lowest BCUT2D eigenvalue weighted by atomic mass is 10.2. The Morgan fingerprint density at radius 3 is 2.62 bits per heavy atom. The number of imide groups is 1. The summed E-state index contributed by atoms with van der Waals surface area (Å²) in [6.07, 6.45) is 3.27. The van der Waals surface area contributed by atoms with Crippen molar-refractivity contribution in [3.63, 3.8) is 0 Å². The number of hydrogen-bond acceptors (Lipinski definition) is 7. The van der Waals surface area contributed by atoms with Gasteiger partial charge in [0.25, 0.3) is 11.1 Å². The van der Waals surface area contributed by atoms with E-state index in [2.05, 4.69) is 9.97 Å². The predicted octanol–water partition coefficient (Wildman–Crippen LogP) is 4.45. The predicted molar refractivity (Wildman–Crippen MR) is 103 cm³/mol. The van der Waals surface area contributed by atoms with Crippen molar-refractivity contribution in [2.45, 2.75) is 11.4 Å². The van der Waals surface area contributed by atoms with Gasteiger partial charge in [-0.2, -0.15) is 0 Å². The molecule has 26 heavy (non-hydrogen) atoms. The van der Waals surface area contributed by atoms with Crippen molar-refractivity contribution in [3.05, 3.63) is 50.9 Å². The van der Waals surface area contributed by atoms with Crippen LogP contribution in [0.4, 0.5) is 4.79 Å². The normalized spacial score (nSPS) is 16.0. The van der Waals surface area contributed by atoms with Crippen molar-refractivity contribution >= 4 is 63.9 Å². The van der Waals surface area contributed by atoms with Crippen molar-refractivity contribution in [3.8, 4) is 5.75 Å². The zero-order chi connectivity index (χ0) is 18.8. The van der Waals surface area contributed by atoms with E-state index < -0.39 is 11.7 Å². The summed E-state index contributed by atoms with van der Waals surface area (Å²) in [4.78, 5) is 34.8. The van der Waals surface area contributed by atoms with Gasteiger partial charge >= 0.3 is 0 Å². The van der Waals surface area contributed by atoms with Gasteiger partial charge in [0, 0.05) is 11.0 Å². The SMILES string of the molecule is CSc1cccc(CN2C(=O)S/C(=C\c3nc(Cl)c(O)c(Cl)n3)C2=O)c1. The second-order valence-electron chi connectivity index (χ2n) is 5.13. The summed E-state index contributed by atoms with van der Waals surface area (Å²) >= 11 is 13.9. The van der Waals surface area contributed by atoms with Crippen molar-refractivity contribution in [1.82, 2.24) is 14.9 Å². The Bertz CT molecular complexity index is 914. The zero-order valence-corrected chi connectivity index (χ0v) is 16.4. The van der Waals surface area contributed by atoms with Crippen molar-refractivity contribution in [2.24, 2.45) is 0 Å². The molecule has 2 heterocycles. The Hall–Kier alpha value is -1.74. The summed E-state index contributed by atoms with van der Waals surface area (Å²) in [5, 5.41) is 8.64. The summed E-state index contributed by atoms with van der Waals surface area (Å²) in [6, 6.07) is 7.62. The van der Waals surface area contributed by atoms with E-state index >= 15 is 0 Å². The van der Waals surface area contributed by atoms with Crippen LogP contribution in [0.1, 0.15) is 11.4 Å². The van der Waals surface area contributed by atoms with Crippen LogP contribution >= 0.6 is 46.7 Å². The van der Waals surface area contributed by atoms with Crippen LogP contribution in [-0.2, 0) is 11.3 Å². The molecule has 2 aromatic rings. The maximum Gasteiger partial charge on any atom is 0.293 e. The average Bonchev–Trinajstić information content (AvgIpc) is 2.87. The van der Waals surface area contributed by atoms with Gasteiger partial charge in [0.2, 0.25) is 0 Å². The Morgan fingerprint density at radius 2 is 1.96 bits per heavy atom. The topological polar surface area (TPSA) is 83.4 Å². The molecular formula is C16H11Cl2N3O3S2. The molecule has 6 nitrogen and oxygen atoms in total. The highest BCUT2D eigenvalue weighted by atomic mass is 35.5. The molecule has 1 fully saturated rings. The van der Waals surface area contributed by atoms with Gasteiger partial charge < -0.3 is 5.11 Å². The van der Waals surface area contributed by atoms with Crippen LogP contribution in [0.25, 0.3) is 6.08 Å². The van der Waals surface area contributed by atoms with Crippen molar-refractivity contribution < 1.29 is 14.7 Å². The standard InChI is InChI=1S/C16H11Cl2N3O3S2/c1-25-9-4-2-3-8(5-9)7-21-15(23)10(26-16(21)24)6-11-19-13(17)12(22)14(18)20-11/h2-6,22H,7H2,1H3/b10-6-. The number of carbonyl (C=O) groups is 2. The molecule has 1 N–H and O–H groups in total. The number of thioether (sulfide) groups is 2. The minimum atomic E-state index is -0.446. The van der Waals surface area contributed by atoms with E-state index in [4.69, 9.17) is 23.2 Å². The third kappa shape index (κ3) is 3.98. The molecule has 1 aromatic heterocycles. The highest BCUT2D eigenvalue weighted by molar-refractivity contribution is 8.18. The fourth-order valence-corrected chi connectivity index (χ4v) is 3.88. The van der Waals surface area contributed by atoms with E-state index in [1.165, 1.54) is 6.08 Å². The van der Waals surface area contributed by atoms with Gasteiger partial charge in [0.05, 0.1) is 11.4 Å². The number of benzene rings is 1. The van der Waals surface area contributed by atoms with Gasteiger partial charge in [-0.15, -0.1) is 11.8 Å². The van der Waals surface area contributed by atoms with Crippen molar-refractivity contribution in [1.29, 1.82) is 0 Å². The lowest BCUT2D eigenvalue weighted by Gasteiger charge is -2.13. The number of hydrogen-bond donors (Lipinski definition) is 1. The second kappa shape index (κ2) is 7.87. The second-order valence-corrected chi connectivity index (χ2v) is 7.72. The highest BCUT2D eigenvalue weighted by Gasteiger charge is 2.35. The molecule has 1 aliphatic heterocycles. The van der Waals surface area contributed by atoms with Gasteiger partial charge in [-0.05, 0) is 35.7 Å². The van der Waals surface area contributed by atoms with E-state index in [1.54, 1.807) is 11.8 Å². The molecule has 0 atom stereocenters. The first-order valence-electron chi connectivity index (χ1n) is 7.19. The monoisotopic (exact) mass is 427 g/mol. The average molecular weight is 428 g/mol. The number of amides is 2. The molecule has 0 aliphatic carbocycles. The molecular weight excluding hydrogens is 417 g/mol. The number of nitrogens with zero attached hydrogens (tertiary/aromatic N) is 3. The summed E-state index contributed by atoms with van der Waals surface area (Å²) < 4.78 is 0. The molecule has 3 rings (SSSR count). The lowest BCUT2D eigenvalue weighted by molar-refractivity contribution is -0.123. The fraction of sp³-hybridized carbons (Fsp3) is 0.125. The van der Waals surface area contributed by atoms with E-state index in [-0.39, 0.29) is 32.8 Å². The van der Waals surface area contributed by atoms with Gasteiger partial charge in [-0.25, -0.2) is 9.97 Å². The van der Waals surface area contributed by atoms with E-state index in [1.807, 2.05) is 30.5 Å². The highest BCUT2D eigenvalue weighted by Crippen LogP contribution is 2.34. The third-order valence-electron chi connectivity index (χ3n) is 3.42. The molecule has 0 bridgehead atoms. The molecule has 0 radical (unpaired) electrons. The molecule has 0 saturated carbocycles. The molecule has 1 aromatic carbocycles.